The second-order valence-electron chi connectivity index (χ2n) is 9.90. The molecule has 0 aliphatic carbocycles. The number of hydrogen-bond acceptors (Lipinski definition) is 4. The molecule has 9 heteroatoms. The molecule has 2 aliphatic heterocycles. The molecule has 6 nitrogen and oxygen atoms in total. The largest absolute Gasteiger partial charge is 0.493 e. The van der Waals surface area contributed by atoms with Crippen molar-refractivity contribution in [3.05, 3.63) is 65.7 Å². The Hall–Kier alpha value is -3.07. The minimum Gasteiger partial charge on any atom is -0.493 e. The third-order valence-electron chi connectivity index (χ3n) is 7.29. The van der Waals surface area contributed by atoms with Crippen LogP contribution in [0.15, 0.2) is 54.6 Å². The van der Waals surface area contributed by atoms with E-state index in [1.54, 1.807) is 20.3 Å². The highest BCUT2D eigenvalue weighted by Gasteiger charge is 2.51. The second-order valence-corrected chi connectivity index (χ2v) is 9.90. The van der Waals surface area contributed by atoms with E-state index in [1.807, 2.05) is 31.2 Å². The molecule has 38 heavy (non-hydrogen) atoms. The maximum Gasteiger partial charge on any atom is 0.404 e. The number of nitrogens with one attached hydrogen (secondary N) is 1. The van der Waals surface area contributed by atoms with Gasteiger partial charge >= 0.3 is 6.18 Å². The van der Waals surface area contributed by atoms with Gasteiger partial charge in [0.1, 0.15) is 5.75 Å². The zero-order valence-electron chi connectivity index (χ0n) is 22.2. The normalized spacial score (nSPS) is 19.7. The van der Waals surface area contributed by atoms with Crippen molar-refractivity contribution in [3.63, 3.8) is 0 Å². The van der Waals surface area contributed by atoms with Gasteiger partial charge in [-0.2, -0.15) is 13.2 Å². The number of halogens is 3. The topological polar surface area (TPSA) is 67.9 Å². The molecule has 1 spiro atoms. The highest BCUT2D eigenvalue weighted by Crippen LogP contribution is 2.51. The van der Waals surface area contributed by atoms with Crippen LogP contribution in [0.25, 0.3) is 0 Å². The number of hydrogen-bond donors (Lipinski definition) is 1. The standard InChI is InChI=1S/C27H31F3N2O3.C2H6O/c1-2-16-35-22-11-7-6-10-20(22)21-18-31-23(33)17-26(21)12-14-32(15-13-26)25(34)24(27(28,29)30)19-8-4-3-5-9-19;1-3-2/h3-11,21,24H,2,12-18H2,1H3,(H,31,33);1-2H3. The number of rotatable bonds is 6. The van der Waals surface area contributed by atoms with Gasteiger partial charge in [-0.15, -0.1) is 0 Å². The summed E-state index contributed by atoms with van der Waals surface area (Å²) in [5, 5.41) is 2.96. The first kappa shape index (κ1) is 29.5. The van der Waals surface area contributed by atoms with Crippen molar-refractivity contribution < 1.29 is 32.2 Å². The number of ether oxygens (including phenoxy) is 2. The van der Waals surface area contributed by atoms with Gasteiger partial charge in [-0.1, -0.05) is 55.5 Å². The molecule has 0 radical (unpaired) electrons. The number of carbonyl (C=O) groups is 2. The fourth-order valence-electron chi connectivity index (χ4n) is 5.49. The highest BCUT2D eigenvalue weighted by atomic mass is 19.4. The Morgan fingerprint density at radius 3 is 2.29 bits per heavy atom. The molecule has 2 amide bonds. The summed E-state index contributed by atoms with van der Waals surface area (Å²) >= 11 is 0. The first-order valence-corrected chi connectivity index (χ1v) is 13.0. The lowest BCUT2D eigenvalue weighted by Crippen LogP contribution is -2.54. The fourth-order valence-corrected chi connectivity index (χ4v) is 5.49. The highest BCUT2D eigenvalue weighted by molar-refractivity contribution is 5.85. The molecule has 0 aromatic heterocycles. The van der Waals surface area contributed by atoms with E-state index < -0.39 is 23.4 Å². The Labute approximate surface area is 222 Å². The molecule has 2 aromatic rings. The maximum absolute atomic E-state index is 13.9. The summed E-state index contributed by atoms with van der Waals surface area (Å²) in [5.74, 6) is -2.45. The quantitative estimate of drug-likeness (QED) is 0.547. The van der Waals surface area contributed by atoms with E-state index in [4.69, 9.17) is 4.74 Å². The number of amides is 2. The monoisotopic (exact) mass is 534 g/mol. The molecule has 2 saturated heterocycles. The Morgan fingerprint density at radius 1 is 1.08 bits per heavy atom. The fraction of sp³-hybridized carbons (Fsp3) is 0.517. The molecule has 2 fully saturated rings. The molecule has 0 saturated carbocycles. The Bertz CT molecular complexity index is 1050. The smallest absolute Gasteiger partial charge is 0.404 e. The first-order chi connectivity index (χ1) is 18.2. The van der Waals surface area contributed by atoms with Crippen molar-refractivity contribution in [2.75, 3.05) is 40.5 Å². The van der Waals surface area contributed by atoms with Crippen molar-refractivity contribution >= 4 is 11.8 Å². The molecule has 2 unspecified atom stereocenters. The number of carbonyl (C=O) groups excluding carboxylic acids is 2. The minimum absolute atomic E-state index is 0.0435. The van der Waals surface area contributed by atoms with Crippen molar-refractivity contribution in [1.29, 1.82) is 0 Å². The summed E-state index contributed by atoms with van der Waals surface area (Å²) in [7, 11) is 3.25. The zero-order valence-corrected chi connectivity index (χ0v) is 22.2. The summed E-state index contributed by atoms with van der Waals surface area (Å²) in [6.07, 6.45) is -2.63. The van der Waals surface area contributed by atoms with E-state index in [1.165, 1.54) is 29.2 Å². The van der Waals surface area contributed by atoms with Gasteiger partial charge in [-0.3, -0.25) is 9.59 Å². The molecule has 2 aromatic carbocycles. The van der Waals surface area contributed by atoms with Gasteiger partial charge in [0, 0.05) is 46.2 Å². The Kier molecular flexibility index (Phi) is 10.2. The maximum atomic E-state index is 13.9. The van der Waals surface area contributed by atoms with Gasteiger partial charge in [-0.25, -0.2) is 0 Å². The van der Waals surface area contributed by atoms with Gasteiger partial charge in [0.05, 0.1) is 6.61 Å². The summed E-state index contributed by atoms with van der Waals surface area (Å²) in [6.45, 7) is 3.40. The van der Waals surface area contributed by atoms with Crippen LogP contribution in [-0.4, -0.2) is 63.4 Å². The van der Waals surface area contributed by atoms with Crippen molar-refractivity contribution in [2.45, 2.75) is 50.6 Å². The molecule has 2 atom stereocenters. The summed E-state index contributed by atoms with van der Waals surface area (Å²) in [5.41, 5.74) is 0.506. The predicted octanol–water partition coefficient (Wildman–Crippen LogP) is 5.30. The van der Waals surface area contributed by atoms with Crippen LogP contribution in [-0.2, 0) is 14.3 Å². The Morgan fingerprint density at radius 2 is 1.68 bits per heavy atom. The zero-order chi connectivity index (χ0) is 27.8. The van der Waals surface area contributed by atoms with Crippen LogP contribution in [0, 0.1) is 5.41 Å². The number of nitrogens with zero attached hydrogens (tertiary/aromatic N) is 1. The van der Waals surface area contributed by atoms with E-state index in [9.17, 15) is 22.8 Å². The summed E-state index contributed by atoms with van der Waals surface area (Å²) in [4.78, 5) is 26.9. The number of alkyl halides is 3. The lowest BCUT2D eigenvalue weighted by Gasteiger charge is -2.49. The van der Waals surface area contributed by atoms with Crippen LogP contribution < -0.4 is 10.1 Å². The number of benzene rings is 2. The van der Waals surface area contributed by atoms with E-state index in [2.05, 4.69) is 10.1 Å². The SMILES string of the molecule is CCCOc1ccccc1C1CNC(=O)CC12CCN(C(=O)C(c1ccccc1)C(F)(F)F)CC2.COC. The molecule has 208 valence electrons. The number of para-hydroxylation sites is 1. The Balaban J connectivity index is 0.00000127. The van der Waals surface area contributed by atoms with Crippen LogP contribution in [0.3, 0.4) is 0 Å². The van der Waals surface area contributed by atoms with Crippen LogP contribution in [0.1, 0.15) is 55.6 Å². The average molecular weight is 535 g/mol. The van der Waals surface area contributed by atoms with Gasteiger partial charge in [0.2, 0.25) is 11.8 Å². The van der Waals surface area contributed by atoms with Crippen LogP contribution in [0.4, 0.5) is 13.2 Å². The summed E-state index contributed by atoms with van der Waals surface area (Å²) in [6, 6.07) is 15.1. The molecule has 0 bridgehead atoms. The van der Waals surface area contributed by atoms with Crippen LogP contribution in [0.2, 0.25) is 0 Å². The van der Waals surface area contributed by atoms with E-state index in [0.29, 0.717) is 26.0 Å². The van der Waals surface area contributed by atoms with Crippen molar-refractivity contribution in [3.8, 4) is 5.75 Å². The van der Waals surface area contributed by atoms with Crippen LogP contribution in [0.5, 0.6) is 5.75 Å². The van der Waals surface area contributed by atoms with E-state index in [0.717, 1.165) is 17.7 Å². The molecule has 2 heterocycles. The first-order valence-electron chi connectivity index (χ1n) is 13.0. The molecule has 2 aliphatic rings. The molecular weight excluding hydrogens is 497 g/mol. The van der Waals surface area contributed by atoms with E-state index in [-0.39, 0.29) is 36.9 Å². The van der Waals surface area contributed by atoms with Crippen LogP contribution >= 0.6 is 0 Å². The number of methoxy groups -OCH3 is 1. The predicted molar refractivity (Wildman–Crippen MR) is 139 cm³/mol. The average Bonchev–Trinajstić information content (AvgIpc) is 2.89. The third-order valence-corrected chi connectivity index (χ3v) is 7.29. The summed E-state index contributed by atoms with van der Waals surface area (Å²) < 4.78 is 52.0. The van der Waals surface area contributed by atoms with Crippen molar-refractivity contribution in [1.82, 2.24) is 10.2 Å². The number of piperidine rings is 2. The second kappa shape index (κ2) is 13.1. The number of likely N-dealkylation sites (tertiary alicyclic amines) is 1. The van der Waals surface area contributed by atoms with Gasteiger partial charge in [0.15, 0.2) is 5.92 Å². The molecule has 1 N–H and O–H groups in total. The van der Waals surface area contributed by atoms with Gasteiger partial charge in [0.25, 0.3) is 0 Å². The lowest BCUT2D eigenvalue weighted by molar-refractivity contribution is -0.173. The van der Waals surface area contributed by atoms with Gasteiger partial charge in [-0.05, 0) is 41.9 Å². The molecule has 4 rings (SSSR count). The lowest BCUT2D eigenvalue weighted by atomic mass is 9.62. The molecular formula is C29H37F3N2O4. The minimum atomic E-state index is -4.68. The van der Waals surface area contributed by atoms with Gasteiger partial charge < -0.3 is 19.7 Å². The third kappa shape index (κ3) is 6.87. The van der Waals surface area contributed by atoms with Crippen molar-refractivity contribution in [2.24, 2.45) is 5.41 Å². The van der Waals surface area contributed by atoms with E-state index >= 15 is 0 Å².